The molecule has 2 heteroatoms. The summed E-state index contributed by atoms with van der Waals surface area (Å²) < 4.78 is 0. The van der Waals surface area contributed by atoms with Gasteiger partial charge in [-0.15, -0.1) is 0 Å². The Balaban J connectivity index is 1.72. The van der Waals surface area contributed by atoms with Gasteiger partial charge in [-0.2, -0.15) is 11.8 Å². The van der Waals surface area contributed by atoms with E-state index < -0.39 is 0 Å². The zero-order valence-corrected chi connectivity index (χ0v) is 8.48. The van der Waals surface area contributed by atoms with E-state index in [0.29, 0.717) is 6.04 Å². The van der Waals surface area contributed by atoms with Crippen molar-refractivity contribution in [3.05, 3.63) is 0 Å². The molecule has 2 aliphatic rings. The Morgan fingerprint density at radius 1 is 0.917 bits per heavy atom. The molecule has 1 nitrogen and oxygen atoms in total. The minimum absolute atomic E-state index is 0.518. The van der Waals surface area contributed by atoms with E-state index in [1.54, 1.807) is 0 Å². The second-order valence-corrected chi connectivity index (χ2v) is 5.84. The van der Waals surface area contributed by atoms with Crippen LogP contribution in [0.2, 0.25) is 0 Å². The van der Waals surface area contributed by atoms with Crippen molar-refractivity contribution in [3.8, 4) is 0 Å². The Morgan fingerprint density at radius 3 is 2.25 bits per heavy atom. The van der Waals surface area contributed by atoms with E-state index in [0.717, 1.165) is 10.5 Å². The Morgan fingerprint density at radius 2 is 1.67 bits per heavy atom. The van der Waals surface area contributed by atoms with Crippen molar-refractivity contribution < 1.29 is 0 Å². The first-order valence-corrected chi connectivity index (χ1v) is 6.20. The lowest BCUT2D eigenvalue weighted by molar-refractivity contribution is 0.705. The Labute approximate surface area is 79.5 Å². The van der Waals surface area contributed by atoms with Crippen molar-refractivity contribution in [2.24, 2.45) is 5.73 Å². The van der Waals surface area contributed by atoms with Gasteiger partial charge in [0.15, 0.2) is 0 Å². The van der Waals surface area contributed by atoms with E-state index in [1.165, 1.54) is 44.9 Å². The normalized spacial score (nSPS) is 37.8. The third-order valence-electron chi connectivity index (χ3n) is 3.11. The summed E-state index contributed by atoms with van der Waals surface area (Å²) in [5.74, 6) is 0. The van der Waals surface area contributed by atoms with Crippen molar-refractivity contribution >= 4 is 11.8 Å². The summed E-state index contributed by atoms with van der Waals surface area (Å²) in [5.41, 5.74) is 5.89. The van der Waals surface area contributed by atoms with Gasteiger partial charge in [-0.25, -0.2) is 0 Å². The minimum Gasteiger partial charge on any atom is -0.328 e. The second kappa shape index (κ2) is 4.01. The number of nitrogens with two attached hydrogens (primary N) is 1. The summed E-state index contributed by atoms with van der Waals surface area (Å²) in [6, 6.07) is 0.518. The molecular weight excluding hydrogens is 166 g/mol. The summed E-state index contributed by atoms with van der Waals surface area (Å²) >= 11 is 2.24. The third-order valence-corrected chi connectivity index (χ3v) is 4.78. The van der Waals surface area contributed by atoms with E-state index in [9.17, 15) is 0 Å². The first-order valence-electron chi connectivity index (χ1n) is 5.25. The molecule has 0 aromatic carbocycles. The lowest BCUT2D eigenvalue weighted by atomic mass is 10.3. The molecule has 0 radical (unpaired) electrons. The smallest absolute Gasteiger partial charge is 0.00651 e. The summed E-state index contributed by atoms with van der Waals surface area (Å²) in [5, 5.41) is 1.89. The summed E-state index contributed by atoms with van der Waals surface area (Å²) in [6.07, 6.45) is 9.80. The van der Waals surface area contributed by atoms with Gasteiger partial charge >= 0.3 is 0 Å². The maximum atomic E-state index is 5.89. The zero-order valence-electron chi connectivity index (χ0n) is 7.67. The predicted octanol–water partition coefficient (Wildman–Crippen LogP) is 2.54. The predicted molar refractivity (Wildman–Crippen MR) is 55.5 cm³/mol. The SMILES string of the molecule is NC1CCC(SC2CCCC2)C1. The molecule has 2 N–H and O–H groups in total. The third kappa shape index (κ3) is 2.17. The van der Waals surface area contributed by atoms with Gasteiger partial charge in [0.05, 0.1) is 0 Å². The van der Waals surface area contributed by atoms with E-state index in [2.05, 4.69) is 11.8 Å². The van der Waals surface area contributed by atoms with Gasteiger partial charge in [0.2, 0.25) is 0 Å². The number of rotatable bonds is 2. The standard InChI is InChI=1S/C10H19NS/c11-8-5-6-10(7-8)12-9-3-1-2-4-9/h8-10H,1-7,11H2. The van der Waals surface area contributed by atoms with Crippen molar-refractivity contribution in [2.45, 2.75) is 61.5 Å². The molecule has 0 amide bonds. The molecular formula is C10H19NS. The van der Waals surface area contributed by atoms with Crippen LogP contribution in [0, 0.1) is 0 Å². The topological polar surface area (TPSA) is 26.0 Å². The van der Waals surface area contributed by atoms with Crippen LogP contribution in [0.25, 0.3) is 0 Å². The van der Waals surface area contributed by atoms with Gasteiger partial charge in [0.25, 0.3) is 0 Å². The van der Waals surface area contributed by atoms with Gasteiger partial charge in [0.1, 0.15) is 0 Å². The highest BCUT2D eigenvalue weighted by Gasteiger charge is 2.26. The van der Waals surface area contributed by atoms with Gasteiger partial charge in [-0.3, -0.25) is 0 Å². The molecule has 2 fully saturated rings. The lowest BCUT2D eigenvalue weighted by Gasteiger charge is -2.14. The molecule has 2 aliphatic carbocycles. The molecule has 2 atom stereocenters. The van der Waals surface area contributed by atoms with Crippen LogP contribution in [0.4, 0.5) is 0 Å². The molecule has 70 valence electrons. The van der Waals surface area contributed by atoms with Gasteiger partial charge < -0.3 is 5.73 Å². The Bertz CT molecular complexity index is 143. The molecule has 2 saturated carbocycles. The molecule has 0 heterocycles. The molecule has 0 spiro atoms. The number of thioether (sulfide) groups is 1. The van der Waals surface area contributed by atoms with Crippen molar-refractivity contribution in [1.29, 1.82) is 0 Å². The average Bonchev–Trinajstić information content (AvgIpc) is 2.63. The first-order chi connectivity index (χ1) is 5.84. The Kier molecular flexibility index (Phi) is 2.97. The second-order valence-electron chi connectivity index (χ2n) is 4.24. The molecule has 2 unspecified atom stereocenters. The average molecular weight is 185 g/mol. The van der Waals surface area contributed by atoms with Crippen molar-refractivity contribution in [2.75, 3.05) is 0 Å². The maximum absolute atomic E-state index is 5.89. The molecule has 0 saturated heterocycles. The van der Waals surface area contributed by atoms with Crippen molar-refractivity contribution in [3.63, 3.8) is 0 Å². The van der Waals surface area contributed by atoms with Crippen molar-refractivity contribution in [1.82, 2.24) is 0 Å². The number of hydrogen-bond acceptors (Lipinski definition) is 2. The Hall–Kier alpha value is 0.310. The van der Waals surface area contributed by atoms with E-state index >= 15 is 0 Å². The largest absolute Gasteiger partial charge is 0.328 e. The van der Waals surface area contributed by atoms with Gasteiger partial charge in [-0.1, -0.05) is 12.8 Å². The number of hydrogen-bond donors (Lipinski definition) is 1. The van der Waals surface area contributed by atoms with E-state index in [1.807, 2.05) is 0 Å². The van der Waals surface area contributed by atoms with Gasteiger partial charge in [0, 0.05) is 16.5 Å². The van der Waals surface area contributed by atoms with Crippen LogP contribution in [0.3, 0.4) is 0 Å². The van der Waals surface area contributed by atoms with E-state index in [-0.39, 0.29) is 0 Å². The molecule has 2 rings (SSSR count). The fourth-order valence-corrected chi connectivity index (χ4v) is 4.17. The fourth-order valence-electron chi connectivity index (χ4n) is 2.39. The zero-order chi connectivity index (χ0) is 8.39. The van der Waals surface area contributed by atoms with Crippen LogP contribution >= 0.6 is 11.8 Å². The molecule has 0 bridgehead atoms. The fraction of sp³-hybridized carbons (Fsp3) is 1.00. The summed E-state index contributed by atoms with van der Waals surface area (Å²) in [4.78, 5) is 0. The summed E-state index contributed by atoms with van der Waals surface area (Å²) in [6.45, 7) is 0. The molecule has 0 aliphatic heterocycles. The summed E-state index contributed by atoms with van der Waals surface area (Å²) in [7, 11) is 0. The molecule has 12 heavy (non-hydrogen) atoms. The van der Waals surface area contributed by atoms with Crippen LogP contribution in [0.15, 0.2) is 0 Å². The highest BCUT2D eigenvalue weighted by molar-refractivity contribution is 8.00. The quantitative estimate of drug-likeness (QED) is 0.715. The minimum atomic E-state index is 0.518. The maximum Gasteiger partial charge on any atom is 0.00651 e. The van der Waals surface area contributed by atoms with Crippen LogP contribution < -0.4 is 5.73 Å². The lowest BCUT2D eigenvalue weighted by Crippen LogP contribution is -2.15. The van der Waals surface area contributed by atoms with Crippen LogP contribution in [-0.2, 0) is 0 Å². The highest BCUT2D eigenvalue weighted by atomic mass is 32.2. The first kappa shape index (κ1) is 8.89. The molecule has 0 aromatic rings. The molecule has 0 aromatic heterocycles. The van der Waals surface area contributed by atoms with Crippen LogP contribution in [0.1, 0.15) is 44.9 Å². The van der Waals surface area contributed by atoms with Gasteiger partial charge in [-0.05, 0) is 32.1 Å². The monoisotopic (exact) mass is 185 g/mol. The van der Waals surface area contributed by atoms with Crippen LogP contribution in [-0.4, -0.2) is 16.5 Å². The highest BCUT2D eigenvalue weighted by Crippen LogP contribution is 2.38. The van der Waals surface area contributed by atoms with Crippen LogP contribution in [0.5, 0.6) is 0 Å². The van der Waals surface area contributed by atoms with E-state index in [4.69, 9.17) is 5.73 Å².